The van der Waals surface area contributed by atoms with E-state index in [1.807, 2.05) is 29.9 Å². The maximum atomic E-state index is 11.1. The first-order valence-electron chi connectivity index (χ1n) is 10.0. The third-order valence-electron chi connectivity index (χ3n) is 5.06. The monoisotopic (exact) mass is 427 g/mol. The predicted molar refractivity (Wildman–Crippen MR) is 120 cm³/mol. The number of aromatic nitrogens is 3. The second-order valence-electron chi connectivity index (χ2n) is 8.78. The van der Waals surface area contributed by atoms with Crippen molar-refractivity contribution in [1.82, 2.24) is 14.8 Å². The van der Waals surface area contributed by atoms with Gasteiger partial charge in [0, 0.05) is 57.1 Å². The second kappa shape index (κ2) is 9.03. The Labute approximate surface area is 177 Å². The van der Waals surface area contributed by atoms with E-state index in [1.165, 1.54) is 18.3 Å². The van der Waals surface area contributed by atoms with Gasteiger partial charge in [0.15, 0.2) is 0 Å². The largest absolute Gasteiger partial charge is 0.360 e. The average Bonchev–Trinajstić information content (AvgIpc) is 3.09. The van der Waals surface area contributed by atoms with Crippen LogP contribution in [-0.2, 0) is 11.5 Å². The molecule has 0 bridgehead atoms. The summed E-state index contributed by atoms with van der Waals surface area (Å²) in [4.78, 5) is 15.0. The van der Waals surface area contributed by atoms with Crippen LogP contribution in [0.2, 0.25) is 25.7 Å². The van der Waals surface area contributed by atoms with Crippen molar-refractivity contribution < 1.29 is 9.66 Å². The van der Waals surface area contributed by atoms with Gasteiger partial charge >= 0.3 is 0 Å². The lowest BCUT2D eigenvalue weighted by molar-refractivity contribution is -0.385. The van der Waals surface area contributed by atoms with Crippen LogP contribution in [0, 0.1) is 17.0 Å². The zero-order chi connectivity index (χ0) is 21.9. The molecule has 1 atom stereocenters. The molecular weight excluding hydrogens is 398 g/mol. The molecule has 30 heavy (non-hydrogen) atoms. The summed E-state index contributed by atoms with van der Waals surface area (Å²) in [6, 6.07) is 8.06. The second-order valence-corrected chi connectivity index (χ2v) is 14.4. The van der Waals surface area contributed by atoms with Gasteiger partial charge in [-0.1, -0.05) is 25.7 Å². The van der Waals surface area contributed by atoms with E-state index >= 15 is 0 Å². The first kappa shape index (κ1) is 22.1. The fraction of sp³-hybridized carbons (Fsp3) is 0.429. The quantitative estimate of drug-likeness (QED) is 0.239. The number of benzene rings is 1. The van der Waals surface area contributed by atoms with Crippen LogP contribution in [0.4, 0.5) is 5.69 Å². The van der Waals surface area contributed by atoms with Crippen molar-refractivity contribution >= 4 is 24.7 Å². The number of hydrogen-bond acceptors (Lipinski definition) is 6. The zero-order valence-electron chi connectivity index (χ0n) is 18.0. The maximum Gasteiger partial charge on any atom is 0.272 e. The first-order chi connectivity index (χ1) is 14.2. The summed E-state index contributed by atoms with van der Waals surface area (Å²) >= 11 is 0. The predicted octanol–water partition coefficient (Wildman–Crippen LogP) is 4.05. The normalized spacial score (nSPS) is 13.0. The van der Waals surface area contributed by atoms with Gasteiger partial charge in [-0.05, 0) is 30.2 Å². The summed E-state index contributed by atoms with van der Waals surface area (Å²) in [5, 5.41) is 16.8. The molecule has 0 aliphatic rings. The highest BCUT2D eigenvalue weighted by Gasteiger charge is 2.19. The fourth-order valence-corrected chi connectivity index (χ4v) is 4.12. The molecule has 3 aromatic rings. The lowest BCUT2D eigenvalue weighted by atomic mass is 9.92. The molecule has 0 aliphatic heterocycles. The Hall–Kier alpha value is -2.62. The van der Waals surface area contributed by atoms with Gasteiger partial charge in [-0.15, -0.1) is 0 Å². The topological polar surface area (TPSA) is 109 Å². The number of rotatable bonds is 9. The molecule has 0 amide bonds. The summed E-state index contributed by atoms with van der Waals surface area (Å²) < 4.78 is 7.62. The minimum Gasteiger partial charge on any atom is -0.360 e. The molecule has 8 nitrogen and oxygen atoms in total. The smallest absolute Gasteiger partial charge is 0.272 e. The molecule has 0 aliphatic carbocycles. The van der Waals surface area contributed by atoms with E-state index in [2.05, 4.69) is 29.7 Å². The van der Waals surface area contributed by atoms with Crippen LogP contribution in [0.3, 0.4) is 0 Å². The van der Waals surface area contributed by atoms with E-state index in [0.717, 1.165) is 34.7 Å². The highest BCUT2D eigenvalue weighted by Crippen LogP contribution is 2.29. The van der Waals surface area contributed by atoms with E-state index in [0.29, 0.717) is 19.0 Å². The molecule has 0 saturated carbocycles. The molecule has 0 fully saturated rings. The molecule has 0 radical (unpaired) electrons. The van der Waals surface area contributed by atoms with Gasteiger partial charge in [0.1, 0.15) is 6.73 Å². The lowest BCUT2D eigenvalue weighted by Gasteiger charge is -2.15. The number of nitro groups is 1. The van der Waals surface area contributed by atoms with Gasteiger partial charge in [-0.2, -0.15) is 5.10 Å². The molecule has 1 aromatic carbocycles. The Bertz CT molecular complexity index is 1040. The van der Waals surface area contributed by atoms with Crippen molar-refractivity contribution in [2.75, 3.05) is 13.2 Å². The minimum atomic E-state index is -1.12. The summed E-state index contributed by atoms with van der Waals surface area (Å²) in [5.74, 6) is -0.232. The van der Waals surface area contributed by atoms with E-state index in [-0.39, 0.29) is 11.6 Å². The molecule has 3 rings (SSSR count). The first-order valence-corrected chi connectivity index (χ1v) is 13.7. The van der Waals surface area contributed by atoms with Gasteiger partial charge in [0.25, 0.3) is 5.69 Å². The number of pyridine rings is 1. The van der Waals surface area contributed by atoms with Gasteiger partial charge in [0.05, 0.1) is 16.1 Å². The van der Waals surface area contributed by atoms with Gasteiger partial charge in [-0.25, -0.2) is 4.68 Å². The molecule has 2 heterocycles. The van der Waals surface area contributed by atoms with Crippen LogP contribution in [0.5, 0.6) is 0 Å². The number of hydrogen-bond donors (Lipinski definition) is 1. The number of nitrogens with two attached hydrogens (primary N) is 1. The molecule has 0 spiro atoms. The Morgan fingerprint density at radius 3 is 2.73 bits per heavy atom. The molecule has 1 unspecified atom stereocenters. The van der Waals surface area contributed by atoms with Crippen LogP contribution in [-0.4, -0.2) is 40.9 Å². The van der Waals surface area contributed by atoms with Crippen molar-refractivity contribution in [3.05, 3.63) is 63.6 Å². The van der Waals surface area contributed by atoms with Crippen molar-refractivity contribution in [1.29, 1.82) is 0 Å². The van der Waals surface area contributed by atoms with Gasteiger partial charge in [-0.3, -0.25) is 15.1 Å². The number of aryl methyl sites for hydroxylation is 1. The standard InChI is InChI=1S/C21H29N5O3Si/c1-15-9-16(19(12-22)20-11-18(26(27)28)5-6-23-20)10-17-13-25(24-21(15)17)14-29-7-8-30(2,3)4/h5-6,9-11,13,19H,7-8,12,14,22H2,1-4H3. The van der Waals surface area contributed by atoms with E-state index in [1.54, 1.807) is 0 Å². The molecule has 160 valence electrons. The van der Waals surface area contributed by atoms with Crippen LogP contribution in [0.25, 0.3) is 10.9 Å². The summed E-state index contributed by atoms with van der Waals surface area (Å²) in [6.07, 6.45) is 3.42. The number of fused-ring (bicyclic) bond motifs is 1. The molecule has 9 heteroatoms. The van der Waals surface area contributed by atoms with Crippen LogP contribution >= 0.6 is 0 Å². The number of nitrogens with zero attached hydrogens (tertiary/aromatic N) is 4. The summed E-state index contributed by atoms with van der Waals surface area (Å²) in [6.45, 7) is 10.4. The van der Waals surface area contributed by atoms with Crippen molar-refractivity contribution in [2.45, 2.75) is 45.3 Å². The molecule has 2 N–H and O–H groups in total. The Kier molecular flexibility index (Phi) is 6.64. The van der Waals surface area contributed by atoms with Crippen molar-refractivity contribution in [3.8, 4) is 0 Å². The van der Waals surface area contributed by atoms with Crippen LogP contribution in [0.1, 0.15) is 22.7 Å². The Balaban J connectivity index is 1.84. The Morgan fingerprint density at radius 2 is 2.07 bits per heavy atom. The third-order valence-corrected chi connectivity index (χ3v) is 6.76. The highest BCUT2D eigenvalue weighted by molar-refractivity contribution is 6.76. The SMILES string of the molecule is Cc1cc(C(CN)c2cc([N+](=O)[O-])ccn2)cc2cn(COCC[Si](C)(C)C)nc12. The average molecular weight is 428 g/mol. The lowest BCUT2D eigenvalue weighted by Crippen LogP contribution is -2.22. The molecular formula is C21H29N5O3Si. The van der Waals surface area contributed by atoms with Crippen molar-refractivity contribution in [3.63, 3.8) is 0 Å². The minimum absolute atomic E-state index is 0.0135. The molecule has 0 saturated heterocycles. The molecule has 2 aromatic heterocycles. The van der Waals surface area contributed by atoms with Crippen LogP contribution in [0.15, 0.2) is 36.7 Å². The number of ether oxygens (including phenoxy) is 1. The summed E-state index contributed by atoms with van der Waals surface area (Å²) in [5.41, 5.74) is 9.54. The Morgan fingerprint density at radius 1 is 1.30 bits per heavy atom. The van der Waals surface area contributed by atoms with Crippen molar-refractivity contribution in [2.24, 2.45) is 5.73 Å². The summed E-state index contributed by atoms with van der Waals surface area (Å²) in [7, 11) is -1.12. The van der Waals surface area contributed by atoms with Gasteiger partial charge < -0.3 is 10.5 Å². The van der Waals surface area contributed by atoms with Gasteiger partial charge in [0.2, 0.25) is 0 Å². The maximum absolute atomic E-state index is 11.1. The fourth-order valence-electron chi connectivity index (χ4n) is 3.36. The van der Waals surface area contributed by atoms with Crippen LogP contribution < -0.4 is 5.73 Å². The third kappa shape index (κ3) is 5.29. The zero-order valence-corrected chi connectivity index (χ0v) is 19.0. The van der Waals surface area contributed by atoms with E-state index in [4.69, 9.17) is 10.5 Å². The highest BCUT2D eigenvalue weighted by atomic mass is 28.3. The van der Waals surface area contributed by atoms with E-state index in [9.17, 15) is 10.1 Å². The van der Waals surface area contributed by atoms with E-state index < -0.39 is 13.0 Å².